The zero-order valence-electron chi connectivity index (χ0n) is 12.6. The predicted octanol–water partition coefficient (Wildman–Crippen LogP) is 3.23. The first-order valence-electron chi connectivity index (χ1n) is 7.61. The average Bonchev–Trinajstić information content (AvgIpc) is 2.96. The van der Waals surface area contributed by atoms with Crippen molar-refractivity contribution in [3.8, 4) is 0 Å². The van der Waals surface area contributed by atoms with E-state index in [9.17, 15) is 18.0 Å². The second kappa shape index (κ2) is 6.69. The van der Waals surface area contributed by atoms with Gasteiger partial charge in [0.25, 0.3) is 0 Å². The van der Waals surface area contributed by atoms with E-state index in [0.717, 1.165) is 25.5 Å². The summed E-state index contributed by atoms with van der Waals surface area (Å²) in [6, 6.07) is 5.34. The number of hydrogen-bond acceptors (Lipinski definition) is 2. The van der Waals surface area contributed by atoms with Crippen LogP contribution < -0.4 is 10.6 Å². The number of carbonyl (C=O) groups is 1. The second-order valence-corrected chi connectivity index (χ2v) is 6.19. The third-order valence-corrected chi connectivity index (χ3v) is 4.74. The molecule has 1 aromatic rings. The Labute approximate surface area is 139 Å². The maximum absolute atomic E-state index is 12.9. The lowest BCUT2D eigenvalue weighted by Gasteiger charge is -2.44. The summed E-state index contributed by atoms with van der Waals surface area (Å²) in [7, 11) is 0. The fourth-order valence-electron chi connectivity index (χ4n) is 3.23. The van der Waals surface area contributed by atoms with Crippen molar-refractivity contribution in [1.82, 2.24) is 10.6 Å². The lowest BCUT2D eigenvalue weighted by atomic mass is 9.71. The van der Waals surface area contributed by atoms with Crippen LogP contribution in [0, 0.1) is 5.92 Å². The first kappa shape index (κ1) is 18.1. The topological polar surface area (TPSA) is 41.1 Å². The molecule has 2 aliphatic rings. The Balaban J connectivity index is 0.00000192. The molecule has 1 aliphatic carbocycles. The first-order chi connectivity index (χ1) is 10.4. The lowest BCUT2D eigenvalue weighted by Crippen LogP contribution is -2.52. The normalized spacial score (nSPS) is 22.8. The molecule has 2 N–H and O–H groups in total. The largest absolute Gasteiger partial charge is 0.416 e. The molecular weight excluding hydrogens is 329 g/mol. The van der Waals surface area contributed by atoms with Crippen molar-refractivity contribution < 1.29 is 18.0 Å². The van der Waals surface area contributed by atoms with E-state index in [0.29, 0.717) is 24.9 Å². The highest BCUT2D eigenvalue weighted by molar-refractivity contribution is 5.85. The average molecular weight is 349 g/mol. The van der Waals surface area contributed by atoms with Crippen molar-refractivity contribution in [3.63, 3.8) is 0 Å². The SMILES string of the molecule is Cl.O=C(NC1(c2cccc(C(F)(F)F)c2)CCC1)C1CCNC1. The highest BCUT2D eigenvalue weighted by Crippen LogP contribution is 2.43. The quantitative estimate of drug-likeness (QED) is 0.880. The minimum atomic E-state index is -4.36. The van der Waals surface area contributed by atoms with Gasteiger partial charge in [-0.25, -0.2) is 0 Å². The molecule has 128 valence electrons. The molecule has 0 spiro atoms. The molecule has 0 aromatic heterocycles. The van der Waals surface area contributed by atoms with E-state index in [1.807, 2.05) is 0 Å². The summed E-state index contributed by atoms with van der Waals surface area (Å²) >= 11 is 0. The highest BCUT2D eigenvalue weighted by Gasteiger charge is 2.42. The van der Waals surface area contributed by atoms with Crippen LogP contribution in [0.4, 0.5) is 13.2 Å². The van der Waals surface area contributed by atoms with Crippen LogP contribution in [-0.4, -0.2) is 19.0 Å². The maximum atomic E-state index is 12.9. The summed E-state index contributed by atoms with van der Waals surface area (Å²) in [6.07, 6.45) is -1.27. The number of hydrogen-bond donors (Lipinski definition) is 2. The van der Waals surface area contributed by atoms with Crippen LogP contribution in [0.5, 0.6) is 0 Å². The van der Waals surface area contributed by atoms with Gasteiger partial charge in [-0.2, -0.15) is 13.2 Å². The number of alkyl halides is 3. The van der Waals surface area contributed by atoms with E-state index >= 15 is 0 Å². The second-order valence-electron chi connectivity index (χ2n) is 6.19. The molecule has 1 aromatic carbocycles. The smallest absolute Gasteiger partial charge is 0.346 e. The van der Waals surface area contributed by atoms with Gasteiger partial charge in [0.15, 0.2) is 0 Å². The molecular formula is C16H20ClF3N2O. The number of carbonyl (C=O) groups excluding carboxylic acids is 1. The summed E-state index contributed by atoms with van der Waals surface area (Å²) in [4.78, 5) is 12.3. The van der Waals surface area contributed by atoms with Crippen LogP contribution >= 0.6 is 12.4 Å². The maximum Gasteiger partial charge on any atom is 0.416 e. The Hall–Kier alpha value is -1.27. The highest BCUT2D eigenvalue weighted by atomic mass is 35.5. The van der Waals surface area contributed by atoms with Crippen LogP contribution in [-0.2, 0) is 16.5 Å². The van der Waals surface area contributed by atoms with Crippen molar-refractivity contribution in [2.75, 3.05) is 13.1 Å². The van der Waals surface area contributed by atoms with Gasteiger partial charge in [-0.3, -0.25) is 4.79 Å². The molecule has 23 heavy (non-hydrogen) atoms. The molecule has 1 aliphatic heterocycles. The van der Waals surface area contributed by atoms with Gasteiger partial charge >= 0.3 is 6.18 Å². The van der Waals surface area contributed by atoms with E-state index in [1.54, 1.807) is 6.07 Å². The van der Waals surface area contributed by atoms with Crippen LogP contribution in [0.1, 0.15) is 36.8 Å². The summed E-state index contributed by atoms with van der Waals surface area (Å²) in [6.45, 7) is 1.46. The standard InChI is InChI=1S/C16H19F3N2O.ClH/c17-16(18,19)13-4-1-3-12(9-13)15(6-2-7-15)21-14(22)11-5-8-20-10-11;/h1,3-4,9,11,20H,2,5-8,10H2,(H,21,22);1H. The van der Waals surface area contributed by atoms with Crippen molar-refractivity contribution in [2.24, 2.45) is 5.92 Å². The number of amides is 1. The van der Waals surface area contributed by atoms with Gasteiger partial charge in [-0.1, -0.05) is 12.1 Å². The number of halogens is 4. The monoisotopic (exact) mass is 348 g/mol. The van der Waals surface area contributed by atoms with E-state index < -0.39 is 17.3 Å². The van der Waals surface area contributed by atoms with E-state index in [1.165, 1.54) is 12.1 Å². The molecule has 0 radical (unpaired) electrons. The van der Waals surface area contributed by atoms with Crippen LogP contribution in [0.3, 0.4) is 0 Å². The Morgan fingerprint density at radius 3 is 2.57 bits per heavy atom. The number of nitrogens with one attached hydrogen (secondary N) is 2. The van der Waals surface area contributed by atoms with Gasteiger partial charge in [-0.15, -0.1) is 12.4 Å². The molecule has 1 amide bonds. The Morgan fingerprint density at radius 2 is 2.04 bits per heavy atom. The molecule has 1 heterocycles. The van der Waals surface area contributed by atoms with E-state index in [-0.39, 0.29) is 24.2 Å². The van der Waals surface area contributed by atoms with Gasteiger partial charge in [0.1, 0.15) is 0 Å². The molecule has 2 fully saturated rings. The molecule has 1 atom stereocenters. The van der Waals surface area contributed by atoms with Crippen molar-refractivity contribution in [3.05, 3.63) is 35.4 Å². The zero-order chi connectivity index (χ0) is 15.8. The Bertz CT molecular complexity index is 567. The predicted molar refractivity (Wildman–Crippen MR) is 83.3 cm³/mol. The molecule has 1 saturated carbocycles. The fourth-order valence-corrected chi connectivity index (χ4v) is 3.23. The fraction of sp³-hybridized carbons (Fsp3) is 0.562. The summed E-state index contributed by atoms with van der Waals surface area (Å²) < 4.78 is 38.7. The summed E-state index contributed by atoms with van der Waals surface area (Å²) in [5.74, 6) is -0.134. The van der Waals surface area contributed by atoms with Crippen LogP contribution in [0.15, 0.2) is 24.3 Å². The molecule has 3 rings (SSSR count). The van der Waals surface area contributed by atoms with E-state index in [4.69, 9.17) is 0 Å². The zero-order valence-corrected chi connectivity index (χ0v) is 13.4. The van der Waals surface area contributed by atoms with Gasteiger partial charge in [0.2, 0.25) is 5.91 Å². The van der Waals surface area contributed by atoms with Gasteiger partial charge in [-0.05, 0) is 49.9 Å². The number of benzene rings is 1. The molecule has 0 bridgehead atoms. The summed E-state index contributed by atoms with van der Waals surface area (Å²) in [5.41, 5.74) is -0.720. The Morgan fingerprint density at radius 1 is 1.30 bits per heavy atom. The third-order valence-electron chi connectivity index (χ3n) is 4.74. The Kier molecular flexibility index (Phi) is 5.26. The van der Waals surface area contributed by atoms with Gasteiger partial charge in [0.05, 0.1) is 17.0 Å². The van der Waals surface area contributed by atoms with Crippen LogP contribution in [0.25, 0.3) is 0 Å². The minimum Gasteiger partial charge on any atom is -0.346 e. The van der Waals surface area contributed by atoms with Crippen molar-refractivity contribution >= 4 is 18.3 Å². The van der Waals surface area contributed by atoms with Gasteiger partial charge in [0, 0.05) is 6.54 Å². The van der Waals surface area contributed by atoms with E-state index in [2.05, 4.69) is 10.6 Å². The molecule has 1 unspecified atom stereocenters. The minimum absolute atomic E-state index is 0. The summed E-state index contributed by atoms with van der Waals surface area (Å²) in [5, 5.41) is 6.15. The first-order valence-corrected chi connectivity index (χ1v) is 7.61. The molecule has 1 saturated heterocycles. The van der Waals surface area contributed by atoms with Crippen molar-refractivity contribution in [2.45, 2.75) is 37.4 Å². The third kappa shape index (κ3) is 3.63. The van der Waals surface area contributed by atoms with Crippen LogP contribution in [0.2, 0.25) is 0 Å². The molecule has 7 heteroatoms. The van der Waals surface area contributed by atoms with Gasteiger partial charge < -0.3 is 10.6 Å². The number of rotatable bonds is 3. The molecule has 3 nitrogen and oxygen atoms in total. The van der Waals surface area contributed by atoms with Crippen molar-refractivity contribution in [1.29, 1.82) is 0 Å². The lowest BCUT2D eigenvalue weighted by molar-refractivity contribution is -0.137.